The molecule has 0 spiro atoms. The van der Waals surface area contributed by atoms with Crippen LogP contribution in [0.3, 0.4) is 0 Å². The third kappa shape index (κ3) is 2.77. The molecule has 0 radical (unpaired) electrons. The number of carbonyl (C=O) groups is 1. The van der Waals surface area contributed by atoms with Crippen LogP contribution in [0.1, 0.15) is 15.9 Å². The maximum atomic E-state index is 13.2. The molecule has 0 bridgehead atoms. The minimum Gasteiger partial charge on any atom is -0.322 e. The van der Waals surface area contributed by atoms with E-state index in [1.54, 1.807) is 13.0 Å². The Morgan fingerprint density at radius 1 is 0.952 bits per heavy atom. The largest absolute Gasteiger partial charge is 0.322 e. The van der Waals surface area contributed by atoms with Gasteiger partial charge in [0.2, 0.25) is 0 Å². The first-order valence-electron chi connectivity index (χ1n) is 6.70. The topological polar surface area (TPSA) is 29.1 Å². The molecule has 0 aliphatic heterocycles. The van der Waals surface area contributed by atoms with E-state index >= 15 is 0 Å². The van der Waals surface area contributed by atoms with E-state index in [1.807, 2.05) is 42.5 Å². The van der Waals surface area contributed by atoms with Crippen molar-refractivity contribution in [1.82, 2.24) is 0 Å². The Labute approximate surface area is 122 Å². The molecule has 0 fully saturated rings. The summed E-state index contributed by atoms with van der Waals surface area (Å²) < 4.78 is 13.2. The Balaban J connectivity index is 1.87. The average molecular weight is 279 g/mol. The summed E-state index contributed by atoms with van der Waals surface area (Å²) in [6, 6.07) is 18.0. The lowest BCUT2D eigenvalue weighted by Gasteiger charge is -2.07. The molecule has 0 heterocycles. The zero-order chi connectivity index (χ0) is 14.8. The summed E-state index contributed by atoms with van der Waals surface area (Å²) >= 11 is 0. The van der Waals surface area contributed by atoms with Gasteiger partial charge in [0, 0.05) is 11.3 Å². The van der Waals surface area contributed by atoms with E-state index in [4.69, 9.17) is 0 Å². The number of anilines is 1. The van der Waals surface area contributed by atoms with Crippen LogP contribution in [0.25, 0.3) is 10.8 Å². The van der Waals surface area contributed by atoms with Gasteiger partial charge in [-0.3, -0.25) is 4.79 Å². The van der Waals surface area contributed by atoms with Crippen LogP contribution in [0, 0.1) is 12.7 Å². The van der Waals surface area contributed by atoms with E-state index in [9.17, 15) is 9.18 Å². The van der Waals surface area contributed by atoms with Gasteiger partial charge in [-0.25, -0.2) is 4.39 Å². The Morgan fingerprint density at radius 3 is 2.48 bits per heavy atom. The maximum absolute atomic E-state index is 13.2. The minimum atomic E-state index is -0.308. The Bertz CT molecular complexity index is 826. The van der Waals surface area contributed by atoms with Gasteiger partial charge in [-0.2, -0.15) is 0 Å². The number of hydrogen-bond donors (Lipinski definition) is 1. The van der Waals surface area contributed by atoms with E-state index in [0.29, 0.717) is 11.1 Å². The molecule has 3 aromatic carbocycles. The zero-order valence-corrected chi connectivity index (χ0v) is 11.6. The van der Waals surface area contributed by atoms with Gasteiger partial charge in [-0.05, 0) is 53.6 Å². The van der Waals surface area contributed by atoms with Crippen molar-refractivity contribution in [3.05, 3.63) is 77.6 Å². The summed E-state index contributed by atoms with van der Waals surface area (Å²) in [7, 11) is 0. The zero-order valence-electron chi connectivity index (χ0n) is 11.6. The van der Waals surface area contributed by atoms with Gasteiger partial charge < -0.3 is 5.32 Å². The van der Waals surface area contributed by atoms with Crippen molar-refractivity contribution < 1.29 is 9.18 Å². The number of carbonyl (C=O) groups excluding carboxylic acids is 1. The highest BCUT2D eigenvalue weighted by Crippen LogP contribution is 2.19. The quantitative estimate of drug-likeness (QED) is 0.733. The Morgan fingerprint density at radius 2 is 1.71 bits per heavy atom. The van der Waals surface area contributed by atoms with Crippen molar-refractivity contribution in [1.29, 1.82) is 0 Å². The summed E-state index contributed by atoms with van der Waals surface area (Å²) in [5.41, 5.74) is 1.63. The third-order valence-corrected chi connectivity index (χ3v) is 3.43. The lowest BCUT2D eigenvalue weighted by atomic mass is 10.1. The van der Waals surface area contributed by atoms with Gasteiger partial charge in [0.15, 0.2) is 0 Å². The number of amides is 1. The molecular weight excluding hydrogens is 265 g/mol. The molecule has 1 amide bonds. The SMILES string of the molecule is Cc1cc(C(=O)Nc2ccc3ccccc3c2)ccc1F. The van der Waals surface area contributed by atoms with Gasteiger partial charge in [-0.15, -0.1) is 0 Å². The van der Waals surface area contributed by atoms with Crippen LogP contribution in [0.4, 0.5) is 10.1 Å². The lowest BCUT2D eigenvalue weighted by Crippen LogP contribution is -2.12. The van der Waals surface area contributed by atoms with E-state index < -0.39 is 0 Å². The standard InChI is InChI=1S/C18H14FNO/c1-12-10-15(7-9-17(12)19)18(21)20-16-8-6-13-4-2-3-5-14(13)11-16/h2-11H,1H3,(H,20,21). The van der Waals surface area contributed by atoms with E-state index in [1.165, 1.54) is 12.1 Å². The average Bonchev–Trinajstić information content (AvgIpc) is 2.50. The van der Waals surface area contributed by atoms with Gasteiger partial charge in [0.1, 0.15) is 5.82 Å². The number of nitrogens with one attached hydrogen (secondary N) is 1. The van der Waals surface area contributed by atoms with Crippen molar-refractivity contribution in [2.45, 2.75) is 6.92 Å². The Hall–Kier alpha value is -2.68. The summed E-state index contributed by atoms with van der Waals surface area (Å²) in [5, 5.41) is 5.02. The van der Waals surface area contributed by atoms with E-state index in [-0.39, 0.29) is 11.7 Å². The van der Waals surface area contributed by atoms with Crippen LogP contribution in [-0.2, 0) is 0 Å². The second-order valence-corrected chi connectivity index (χ2v) is 4.98. The summed E-state index contributed by atoms with van der Waals surface area (Å²) in [6.45, 7) is 1.64. The maximum Gasteiger partial charge on any atom is 0.255 e. The van der Waals surface area contributed by atoms with E-state index in [2.05, 4.69) is 5.32 Å². The molecule has 3 heteroatoms. The van der Waals surface area contributed by atoms with E-state index in [0.717, 1.165) is 16.5 Å². The first-order valence-corrected chi connectivity index (χ1v) is 6.70. The monoisotopic (exact) mass is 279 g/mol. The number of benzene rings is 3. The van der Waals surface area contributed by atoms with Crippen molar-refractivity contribution in [3.8, 4) is 0 Å². The highest BCUT2D eigenvalue weighted by atomic mass is 19.1. The fourth-order valence-electron chi connectivity index (χ4n) is 2.26. The summed E-state index contributed by atoms with van der Waals surface area (Å²) in [5.74, 6) is -0.550. The number of hydrogen-bond acceptors (Lipinski definition) is 1. The first kappa shape index (κ1) is 13.3. The smallest absolute Gasteiger partial charge is 0.255 e. The van der Waals surface area contributed by atoms with Crippen LogP contribution >= 0.6 is 0 Å². The van der Waals surface area contributed by atoms with Crippen molar-refractivity contribution in [2.24, 2.45) is 0 Å². The second-order valence-electron chi connectivity index (χ2n) is 4.98. The molecule has 1 N–H and O–H groups in total. The molecule has 0 atom stereocenters. The van der Waals surface area contributed by atoms with Gasteiger partial charge in [0.05, 0.1) is 0 Å². The highest BCUT2D eigenvalue weighted by Gasteiger charge is 2.08. The highest BCUT2D eigenvalue weighted by molar-refractivity contribution is 6.05. The lowest BCUT2D eigenvalue weighted by molar-refractivity contribution is 0.102. The van der Waals surface area contributed by atoms with Crippen LogP contribution in [0.15, 0.2) is 60.7 Å². The van der Waals surface area contributed by atoms with Crippen LogP contribution in [-0.4, -0.2) is 5.91 Å². The number of fused-ring (bicyclic) bond motifs is 1. The normalized spacial score (nSPS) is 10.6. The van der Waals surface area contributed by atoms with Crippen LogP contribution in [0.5, 0.6) is 0 Å². The molecule has 21 heavy (non-hydrogen) atoms. The fraction of sp³-hybridized carbons (Fsp3) is 0.0556. The molecular formula is C18H14FNO. The summed E-state index contributed by atoms with van der Waals surface area (Å²) in [4.78, 5) is 12.2. The molecule has 3 aromatic rings. The predicted molar refractivity (Wildman–Crippen MR) is 83.0 cm³/mol. The fourth-order valence-corrected chi connectivity index (χ4v) is 2.26. The van der Waals surface area contributed by atoms with Gasteiger partial charge >= 0.3 is 0 Å². The number of halogens is 1. The molecule has 0 saturated carbocycles. The first-order chi connectivity index (χ1) is 10.1. The Kier molecular flexibility index (Phi) is 3.40. The predicted octanol–water partition coefficient (Wildman–Crippen LogP) is 4.54. The molecule has 3 rings (SSSR count). The number of aryl methyl sites for hydroxylation is 1. The molecule has 0 aliphatic rings. The van der Waals surface area contributed by atoms with Crippen LogP contribution in [0.2, 0.25) is 0 Å². The molecule has 0 aliphatic carbocycles. The molecule has 0 aromatic heterocycles. The van der Waals surface area contributed by atoms with Crippen molar-refractivity contribution >= 4 is 22.4 Å². The molecule has 0 unspecified atom stereocenters. The second kappa shape index (κ2) is 5.37. The van der Waals surface area contributed by atoms with Crippen molar-refractivity contribution in [2.75, 3.05) is 5.32 Å². The van der Waals surface area contributed by atoms with Crippen molar-refractivity contribution in [3.63, 3.8) is 0 Å². The number of rotatable bonds is 2. The van der Waals surface area contributed by atoms with Gasteiger partial charge in [-0.1, -0.05) is 30.3 Å². The molecule has 0 saturated heterocycles. The molecule has 2 nitrogen and oxygen atoms in total. The van der Waals surface area contributed by atoms with Gasteiger partial charge in [0.25, 0.3) is 5.91 Å². The third-order valence-electron chi connectivity index (χ3n) is 3.43. The molecule has 104 valence electrons. The van der Waals surface area contributed by atoms with Crippen LogP contribution < -0.4 is 5.32 Å². The summed E-state index contributed by atoms with van der Waals surface area (Å²) in [6.07, 6.45) is 0. The minimum absolute atomic E-state index is 0.242.